The molecule has 0 radical (unpaired) electrons. The Morgan fingerprint density at radius 1 is 0.958 bits per heavy atom. The number of benzene rings is 2. The molecule has 0 aromatic heterocycles. The predicted molar refractivity (Wildman–Crippen MR) is 97.7 cm³/mol. The van der Waals surface area contributed by atoms with E-state index in [4.69, 9.17) is 16.3 Å². The monoisotopic (exact) mass is 340 g/mol. The Bertz CT molecular complexity index is 699. The molecule has 0 fully saturated rings. The van der Waals surface area contributed by atoms with E-state index >= 15 is 0 Å². The summed E-state index contributed by atoms with van der Waals surface area (Å²) in [6, 6.07) is 17.3. The quantitative estimate of drug-likeness (QED) is 0.384. The molecule has 0 spiro atoms. The molecule has 2 aromatic rings. The summed E-state index contributed by atoms with van der Waals surface area (Å²) in [6.45, 7) is 0.350. The smallest absolute Gasteiger partial charge is 0.306 e. The zero-order chi connectivity index (χ0) is 17.0. The maximum absolute atomic E-state index is 11.7. The van der Waals surface area contributed by atoms with Crippen LogP contribution in [-0.2, 0) is 16.1 Å². The minimum absolute atomic E-state index is 0.138. The molecule has 24 heavy (non-hydrogen) atoms. The highest BCUT2D eigenvalue weighted by atomic mass is 35.5. The topological polar surface area (TPSA) is 26.3 Å². The zero-order valence-electron chi connectivity index (χ0n) is 13.6. The molecule has 0 unspecified atom stereocenters. The van der Waals surface area contributed by atoms with Crippen molar-refractivity contribution in [3.63, 3.8) is 0 Å². The summed E-state index contributed by atoms with van der Waals surface area (Å²) in [6.07, 6.45) is 4.05. The fourth-order valence-corrected chi connectivity index (χ4v) is 2.37. The third-order valence-electron chi connectivity index (χ3n) is 3.52. The molecule has 0 atom stereocenters. The van der Waals surface area contributed by atoms with Gasteiger partial charge in [-0.2, -0.15) is 0 Å². The van der Waals surface area contributed by atoms with Crippen LogP contribution in [0.4, 0.5) is 0 Å². The van der Waals surface area contributed by atoms with Gasteiger partial charge in [-0.25, -0.2) is 0 Å². The molecule has 2 aromatic carbocycles. The van der Waals surface area contributed by atoms with Crippen LogP contribution in [0.25, 0.3) is 0 Å². The molecule has 0 saturated heterocycles. The lowest BCUT2D eigenvalue weighted by atomic mass is 10.1. The third kappa shape index (κ3) is 6.89. The van der Waals surface area contributed by atoms with Gasteiger partial charge in [0.15, 0.2) is 0 Å². The SMILES string of the molecule is O=C(CCCCCC#Cc1ccccc1Cl)OCc1ccccc1. The Balaban J connectivity index is 1.55. The molecular formula is C21H21ClO2. The van der Waals surface area contributed by atoms with Crippen LogP contribution in [-0.4, -0.2) is 5.97 Å². The van der Waals surface area contributed by atoms with Crippen LogP contribution >= 0.6 is 11.6 Å². The van der Waals surface area contributed by atoms with Crippen LogP contribution in [0.15, 0.2) is 54.6 Å². The standard InChI is InChI=1S/C21H21ClO2/c22-20-15-10-9-14-19(20)13-7-2-1-3-8-16-21(23)24-17-18-11-5-4-6-12-18/h4-6,9-12,14-15H,1-3,8,16-17H2. The lowest BCUT2D eigenvalue weighted by molar-refractivity contribution is -0.145. The van der Waals surface area contributed by atoms with Crippen LogP contribution < -0.4 is 0 Å². The first kappa shape index (κ1) is 18.1. The maximum Gasteiger partial charge on any atom is 0.306 e. The van der Waals surface area contributed by atoms with Gasteiger partial charge in [-0.3, -0.25) is 4.79 Å². The number of carbonyl (C=O) groups excluding carboxylic acids is 1. The van der Waals surface area contributed by atoms with Crippen molar-refractivity contribution in [2.45, 2.75) is 38.7 Å². The molecule has 2 rings (SSSR count). The van der Waals surface area contributed by atoms with Gasteiger partial charge in [-0.05, 0) is 30.5 Å². The number of unbranched alkanes of at least 4 members (excludes halogenated alkanes) is 3. The molecule has 0 saturated carbocycles. The Morgan fingerprint density at radius 3 is 2.50 bits per heavy atom. The summed E-state index contributed by atoms with van der Waals surface area (Å²) in [4.78, 5) is 11.7. The first-order valence-electron chi connectivity index (χ1n) is 8.18. The van der Waals surface area contributed by atoms with Crippen molar-refractivity contribution in [3.8, 4) is 11.8 Å². The van der Waals surface area contributed by atoms with E-state index in [0.717, 1.165) is 36.8 Å². The number of halogens is 1. The van der Waals surface area contributed by atoms with Crippen molar-refractivity contribution in [3.05, 3.63) is 70.7 Å². The largest absolute Gasteiger partial charge is 0.461 e. The van der Waals surface area contributed by atoms with Crippen LogP contribution in [0, 0.1) is 11.8 Å². The van der Waals surface area contributed by atoms with E-state index in [9.17, 15) is 4.79 Å². The lowest BCUT2D eigenvalue weighted by Crippen LogP contribution is -2.04. The van der Waals surface area contributed by atoms with E-state index in [-0.39, 0.29) is 5.97 Å². The summed E-state index contributed by atoms with van der Waals surface area (Å²) in [5.41, 5.74) is 1.88. The molecule has 0 aliphatic rings. The number of hydrogen-bond donors (Lipinski definition) is 0. The van der Waals surface area contributed by atoms with Crippen LogP contribution in [0.5, 0.6) is 0 Å². The van der Waals surface area contributed by atoms with Gasteiger partial charge >= 0.3 is 5.97 Å². The van der Waals surface area contributed by atoms with Crippen molar-refractivity contribution in [2.24, 2.45) is 0 Å². The second kappa shape index (κ2) is 10.5. The van der Waals surface area contributed by atoms with E-state index in [0.29, 0.717) is 18.1 Å². The van der Waals surface area contributed by atoms with Crippen LogP contribution in [0.3, 0.4) is 0 Å². The minimum atomic E-state index is -0.138. The van der Waals surface area contributed by atoms with Crippen molar-refractivity contribution in [1.82, 2.24) is 0 Å². The fourth-order valence-electron chi connectivity index (χ4n) is 2.19. The average molecular weight is 341 g/mol. The fraction of sp³-hybridized carbons (Fsp3) is 0.286. The normalized spacial score (nSPS) is 9.88. The van der Waals surface area contributed by atoms with Gasteiger partial charge < -0.3 is 4.74 Å². The second-order valence-corrected chi connectivity index (χ2v) is 5.90. The Labute approximate surface area is 148 Å². The van der Waals surface area contributed by atoms with Crippen molar-refractivity contribution >= 4 is 17.6 Å². The van der Waals surface area contributed by atoms with Gasteiger partial charge in [0.05, 0.1) is 5.02 Å². The molecule has 3 heteroatoms. The zero-order valence-corrected chi connectivity index (χ0v) is 14.4. The molecule has 0 bridgehead atoms. The van der Waals surface area contributed by atoms with Crippen molar-refractivity contribution in [2.75, 3.05) is 0 Å². The van der Waals surface area contributed by atoms with Crippen LogP contribution in [0.2, 0.25) is 5.02 Å². The Hall–Kier alpha value is -2.24. The van der Waals surface area contributed by atoms with Crippen molar-refractivity contribution in [1.29, 1.82) is 0 Å². The molecule has 124 valence electrons. The van der Waals surface area contributed by atoms with E-state index in [1.807, 2.05) is 54.6 Å². The summed E-state index contributed by atoms with van der Waals surface area (Å²) in [5, 5.41) is 0.686. The molecule has 0 amide bonds. The van der Waals surface area contributed by atoms with Crippen molar-refractivity contribution < 1.29 is 9.53 Å². The second-order valence-electron chi connectivity index (χ2n) is 5.49. The summed E-state index contributed by atoms with van der Waals surface area (Å²) in [7, 11) is 0. The molecule has 2 nitrogen and oxygen atoms in total. The van der Waals surface area contributed by atoms with Gasteiger partial charge in [0.25, 0.3) is 0 Å². The lowest BCUT2D eigenvalue weighted by Gasteiger charge is -2.04. The van der Waals surface area contributed by atoms with Crippen LogP contribution in [0.1, 0.15) is 43.2 Å². The molecule has 0 aliphatic heterocycles. The number of hydrogen-bond acceptors (Lipinski definition) is 2. The number of esters is 1. The van der Waals surface area contributed by atoms with Gasteiger partial charge in [0.2, 0.25) is 0 Å². The van der Waals surface area contributed by atoms with Gasteiger partial charge in [0.1, 0.15) is 6.61 Å². The highest BCUT2D eigenvalue weighted by Crippen LogP contribution is 2.13. The average Bonchev–Trinajstić information content (AvgIpc) is 2.61. The summed E-state index contributed by atoms with van der Waals surface area (Å²) >= 11 is 6.04. The molecule has 0 heterocycles. The Morgan fingerprint density at radius 2 is 1.71 bits per heavy atom. The number of rotatable bonds is 7. The number of carbonyl (C=O) groups is 1. The van der Waals surface area contributed by atoms with Gasteiger partial charge in [-0.15, -0.1) is 0 Å². The first-order chi connectivity index (χ1) is 11.8. The molecule has 0 aliphatic carbocycles. The minimum Gasteiger partial charge on any atom is -0.461 e. The third-order valence-corrected chi connectivity index (χ3v) is 3.85. The number of ether oxygens (including phenoxy) is 1. The van der Waals surface area contributed by atoms with Gasteiger partial charge in [0, 0.05) is 18.4 Å². The highest BCUT2D eigenvalue weighted by molar-refractivity contribution is 6.31. The molecular weight excluding hydrogens is 320 g/mol. The van der Waals surface area contributed by atoms with E-state index in [1.165, 1.54) is 0 Å². The Kier molecular flexibility index (Phi) is 7.93. The van der Waals surface area contributed by atoms with Gasteiger partial charge in [-0.1, -0.05) is 72.3 Å². The maximum atomic E-state index is 11.7. The van der Waals surface area contributed by atoms with E-state index in [1.54, 1.807) is 0 Å². The molecule has 0 N–H and O–H groups in total. The first-order valence-corrected chi connectivity index (χ1v) is 8.56. The van der Waals surface area contributed by atoms with E-state index < -0.39 is 0 Å². The predicted octanol–water partition coefficient (Wildman–Crippen LogP) is 5.39. The summed E-state index contributed by atoms with van der Waals surface area (Å²) < 4.78 is 5.25. The van der Waals surface area contributed by atoms with E-state index in [2.05, 4.69) is 11.8 Å². The highest BCUT2D eigenvalue weighted by Gasteiger charge is 2.02. The summed E-state index contributed by atoms with van der Waals surface area (Å²) in [5.74, 6) is 6.07.